The van der Waals surface area contributed by atoms with Crippen LogP contribution in [0.2, 0.25) is 0 Å². The van der Waals surface area contributed by atoms with Gasteiger partial charge < -0.3 is 29.4 Å². The zero-order chi connectivity index (χ0) is 57.6. The lowest BCUT2D eigenvalue weighted by Gasteiger charge is -2.37. The van der Waals surface area contributed by atoms with Gasteiger partial charge in [-0.2, -0.15) is 0 Å². The smallest absolute Gasteiger partial charge is 0.0561 e. The van der Waals surface area contributed by atoms with E-state index in [1.165, 1.54) is 33.0 Å². The molecule has 410 valence electrons. The van der Waals surface area contributed by atoms with E-state index in [2.05, 4.69) is 348 Å². The number of benzene rings is 14. The fourth-order valence-electron chi connectivity index (χ4n) is 13.7. The summed E-state index contributed by atoms with van der Waals surface area (Å²) < 4.78 is 0. The van der Waals surface area contributed by atoms with Gasteiger partial charge in [0.15, 0.2) is 0 Å². The first-order valence-electron chi connectivity index (χ1n) is 29.7. The third-order valence-corrected chi connectivity index (χ3v) is 17.6. The lowest BCUT2D eigenvalue weighted by molar-refractivity contribution is 1.21. The molecule has 0 radical (unpaired) electrons. The summed E-state index contributed by atoms with van der Waals surface area (Å²) in [7, 11) is 0. The average Bonchev–Trinajstić information content (AvgIpc) is 0.728. The van der Waals surface area contributed by atoms with E-state index in [4.69, 9.17) is 0 Å². The van der Waals surface area contributed by atoms with Crippen LogP contribution in [-0.4, -0.2) is 0 Å². The van der Waals surface area contributed by atoms with Crippen molar-refractivity contribution in [2.45, 2.75) is 27.7 Å². The third-order valence-electron chi connectivity index (χ3n) is 17.6. The van der Waals surface area contributed by atoms with E-state index in [0.29, 0.717) is 0 Å². The van der Waals surface area contributed by atoms with Crippen LogP contribution in [-0.2, 0) is 0 Å². The summed E-state index contributed by atoms with van der Waals surface area (Å²) in [5.41, 5.74) is 24.0. The Hall–Kier alpha value is -11.1. The molecule has 6 nitrogen and oxygen atoms in total. The second-order valence-electron chi connectivity index (χ2n) is 22.8. The van der Waals surface area contributed by atoms with Gasteiger partial charge in [0.2, 0.25) is 0 Å². The molecule has 0 spiro atoms. The Labute approximate surface area is 502 Å². The van der Waals surface area contributed by atoms with Crippen LogP contribution in [0.1, 0.15) is 22.3 Å². The van der Waals surface area contributed by atoms with Crippen LogP contribution in [0.5, 0.6) is 0 Å². The molecule has 16 rings (SSSR count). The first kappa shape index (κ1) is 50.6. The predicted molar refractivity (Wildman–Crippen MR) is 364 cm³/mol. The minimum atomic E-state index is 1.05. The molecule has 14 aromatic carbocycles. The number of fused-ring (bicyclic) bond motifs is 16. The number of aryl methyl sites for hydroxylation is 4. The van der Waals surface area contributed by atoms with E-state index in [9.17, 15) is 0 Å². The molecule has 0 unspecified atom stereocenters. The topological polar surface area (TPSA) is 19.4 Å². The minimum absolute atomic E-state index is 1.05. The van der Waals surface area contributed by atoms with Gasteiger partial charge in [-0.05, 0) is 183 Å². The second kappa shape index (κ2) is 20.4. The van der Waals surface area contributed by atoms with Crippen molar-refractivity contribution in [3.8, 4) is 0 Å². The molecule has 0 N–H and O–H groups in total. The largest absolute Gasteiger partial charge is 0.310 e. The zero-order valence-electron chi connectivity index (χ0n) is 48.4. The summed E-state index contributed by atoms with van der Waals surface area (Å²) in [6.45, 7) is 8.96. The number of para-hydroxylation sites is 6. The summed E-state index contributed by atoms with van der Waals surface area (Å²) >= 11 is 0. The molecule has 2 aliphatic heterocycles. The van der Waals surface area contributed by atoms with Crippen molar-refractivity contribution in [3.63, 3.8) is 0 Å². The van der Waals surface area contributed by atoms with Crippen molar-refractivity contribution in [1.29, 1.82) is 0 Å². The molecule has 12 bridgehead atoms. The number of rotatable bonds is 6. The van der Waals surface area contributed by atoms with Crippen LogP contribution < -0.4 is 29.4 Å². The van der Waals surface area contributed by atoms with Gasteiger partial charge in [-0.15, -0.1) is 0 Å². The summed E-state index contributed by atoms with van der Waals surface area (Å²) in [6.07, 6.45) is 0. The molecule has 6 heteroatoms. The van der Waals surface area contributed by atoms with Crippen LogP contribution in [0.3, 0.4) is 0 Å². The Balaban J connectivity index is 1.10. The SMILES string of the molecule is Cc1ccccc1N1c2cccc(c2)N(c2ccccc2)c2cccc(c2)N(c2ccccc2C)c2cc1c1ccc3c4cc(c5ccc2c1c35)N(c1ccccc1C)c1cccc(c1)N(c1ccccc1)c1cccc(c1)N4c1ccccc1C. The van der Waals surface area contributed by atoms with Crippen molar-refractivity contribution < 1.29 is 0 Å². The number of nitrogens with zero attached hydrogens (tertiary/aromatic N) is 6. The summed E-state index contributed by atoms with van der Waals surface area (Å²) in [5.74, 6) is 0. The van der Waals surface area contributed by atoms with Crippen molar-refractivity contribution in [2.24, 2.45) is 0 Å². The first-order chi connectivity index (χ1) is 42.3. The average molecular weight is 1110 g/mol. The molecule has 0 saturated heterocycles. The maximum absolute atomic E-state index is 2.52. The molecular weight excluding hydrogens is 1040 g/mol. The van der Waals surface area contributed by atoms with Crippen LogP contribution in [0.15, 0.2) is 291 Å². The molecule has 2 heterocycles. The second-order valence-corrected chi connectivity index (χ2v) is 22.8. The van der Waals surface area contributed by atoms with Gasteiger partial charge in [-0.3, -0.25) is 0 Å². The number of anilines is 18. The molecule has 0 fully saturated rings. The van der Waals surface area contributed by atoms with Gasteiger partial charge in [-0.25, -0.2) is 0 Å². The third kappa shape index (κ3) is 8.17. The number of hydrogen-bond acceptors (Lipinski definition) is 6. The van der Waals surface area contributed by atoms with Gasteiger partial charge in [0, 0.05) is 112 Å². The zero-order valence-corrected chi connectivity index (χ0v) is 48.4. The summed E-state index contributed by atoms with van der Waals surface area (Å²) in [6, 6.07) is 108. The van der Waals surface area contributed by atoms with Crippen molar-refractivity contribution in [3.05, 3.63) is 313 Å². The van der Waals surface area contributed by atoms with E-state index in [0.717, 1.165) is 124 Å². The van der Waals surface area contributed by atoms with Crippen molar-refractivity contribution in [2.75, 3.05) is 29.4 Å². The minimum Gasteiger partial charge on any atom is -0.310 e. The van der Waals surface area contributed by atoms with E-state index < -0.39 is 0 Å². The van der Waals surface area contributed by atoms with Crippen molar-refractivity contribution >= 4 is 135 Å². The van der Waals surface area contributed by atoms with Crippen LogP contribution in [0.4, 0.5) is 102 Å². The predicted octanol–water partition coefficient (Wildman–Crippen LogP) is 23.3. The van der Waals surface area contributed by atoms with Gasteiger partial charge in [-0.1, -0.05) is 158 Å². The highest BCUT2D eigenvalue weighted by molar-refractivity contribution is 6.33. The Morgan fingerprint density at radius 1 is 0.163 bits per heavy atom. The van der Waals surface area contributed by atoms with Crippen molar-refractivity contribution in [1.82, 2.24) is 0 Å². The molecule has 0 aliphatic carbocycles. The summed E-state index contributed by atoms with van der Waals surface area (Å²) in [5, 5.41) is 6.93. The molecule has 0 aromatic heterocycles. The lowest BCUT2D eigenvalue weighted by atomic mass is 9.88. The maximum Gasteiger partial charge on any atom is 0.0561 e. The van der Waals surface area contributed by atoms with Gasteiger partial charge in [0.25, 0.3) is 0 Å². The quantitative estimate of drug-likeness (QED) is 0.154. The van der Waals surface area contributed by atoms with E-state index in [1.807, 2.05) is 0 Å². The van der Waals surface area contributed by atoms with E-state index >= 15 is 0 Å². The lowest BCUT2D eigenvalue weighted by Crippen LogP contribution is -2.19. The maximum atomic E-state index is 2.52. The fraction of sp³-hybridized carbons (Fsp3) is 0.0500. The molecule has 2 aliphatic rings. The Kier molecular flexibility index (Phi) is 12.0. The van der Waals surface area contributed by atoms with Gasteiger partial charge >= 0.3 is 0 Å². The highest BCUT2D eigenvalue weighted by atomic mass is 15.2. The Morgan fingerprint density at radius 3 is 0.616 bits per heavy atom. The molecule has 0 atom stereocenters. The Morgan fingerprint density at radius 2 is 0.372 bits per heavy atom. The van der Waals surface area contributed by atoms with Crippen LogP contribution in [0, 0.1) is 27.7 Å². The highest BCUT2D eigenvalue weighted by Crippen LogP contribution is 2.57. The van der Waals surface area contributed by atoms with E-state index in [-0.39, 0.29) is 0 Å². The van der Waals surface area contributed by atoms with Crippen LogP contribution >= 0.6 is 0 Å². The molecule has 0 amide bonds. The number of hydrogen-bond donors (Lipinski definition) is 0. The standard InChI is InChI=1S/C80H60N6/c1-53-23-11-15-39-71(53)83-63-35-19-31-59(47-63)81(57-27-7-5-8-28-57)60-32-20-36-64(48-60)84(72-40-16-12-24-54(72)2)76-51-75(83)67-43-44-69-77-52-78(70-46-45-68(76)79(67)80(69)70)86(74-42-18-14-26-56(74)4)66-38-22-34-62(50-66)82(58-29-9-6-10-30-58)61-33-21-37-65(49-61)85(77)73-41-17-13-25-55(73)3/h5-52H,1-4H3. The normalized spacial score (nSPS) is 13.0. The molecular formula is C80H60N6. The van der Waals surface area contributed by atoms with E-state index in [1.54, 1.807) is 0 Å². The molecule has 14 aromatic rings. The fourth-order valence-corrected chi connectivity index (χ4v) is 13.7. The van der Waals surface area contributed by atoms with Crippen LogP contribution in [0.25, 0.3) is 32.3 Å². The van der Waals surface area contributed by atoms with Gasteiger partial charge in [0.1, 0.15) is 0 Å². The highest BCUT2D eigenvalue weighted by Gasteiger charge is 2.32. The monoisotopic (exact) mass is 1100 g/mol. The first-order valence-corrected chi connectivity index (χ1v) is 29.7. The van der Waals surface area contributed by atoms with Gasteiger partial charge in [0.05, 0.1) is 22.7 Å². The Bertz CT molecular complexity index is 4360. The molecule has 0 saturated carbocycles. The molecule has 86 heavy (non-hydrogen) atoms. The summed E-state index contributed by atoms with van der Waals surface area (Å²) in [4.78, 5) is 14.9.